The first-order valence-corrected chi connectivity index (χ1v) is 3.96. The van der Waals surface area contributed by atoms with Gasteiger partial charge in [-0.2, -0.15) is 5.26 Å². The van der Waals surface area contributed by atoms with Crippen molar-refractivity contribution in [3.05, 3.63) is 0 Å². The fourth-order valence-corrected chi connectivity index (χ4v) is 1.18. The fourth-order valence-electron chi connectivity index (χ4n) is 1.18. The van der Waals surface area contributed by atoms with Gasteiger partial charge in [0.1, 0.15) is 6.61 Å². The Hall–Kier alpha value is -0.590. The first kappa shape index (κ1) is 8.51. The second kappa shape index (κ2) is 5.11. The van der Waals surface area contributed by atoms with Gasteiger partial charge in [0.05, 0.1) is 12.7 Å². The van der Waals surface area contributed by atoms with Crippen molar-refractivity contribution < 1.29 is 9.47 Å². The zero-order valence-corrected chi connectivity index (χ0v) is 6.58. The largest absolute Gasteiger partial charge is 0.381 e. The predicted molar refractivity (Wildman–Crippen MR) is 40.0 cm³/mol. The molecule has 1 heterocycles. The maximum absolute atomic E-state index is 8.20. The molecule has 0 bridgehead atoms. The minimum absolute atomic E-state index is 0.220. The van der Waals surface area contributed by atoms with Crippen molar-refractivity contribution in [3.63, 3.8) is 0 Å². The zero-order valence-electron chi connectivity index (χ0n) is 6.58. The summed E-state index contributed by atoms with van der Waals surface area (Å²) >= 11 is 0. The summed E-state index contributed by atoms with van der Waals surface area (Å²) in [6.07, 6.45) is 2.15. The topological polar surface area (TPSA) is 42.2 Å². The molecule has 1 aliphatic heterocycles. The molecule has 1 saturated heterocycles. The average molecular weight is 155 g/mol. The van der Waals surface area contributed by atoms with E-state index in [1.54, 1.807) is 0 Å². The second-order valence-electron chi connectivity index (χ2n) is 2.73. The third-order valence-corrected chi connectivity index (χ3v) is 1.86. The average Bonchev–Trinajstić information content (AvgIpc) is 2.07. The van der Waals surface area contributed by atoms with Crippen LogP contribution in [0.5, 0.6) is 0 Å². The van der Waals surface area contributed by atoms with E-state index in [0.29, 0.717) is 5.92 Å². The van der Waals surface area contributed by atoms with Crippen molar-refractivity contribution in [2.75, 3.05) is 26.4 Å². The van der Waals surface area contributed by atoms with Gasteiger partial charge < -0.3 is 9.47 Å². The molecule has 11 heavy (non-hydrogen) atoms. The molecule has 0 spiro atoms. The molecule has 0 aromatic carbocycles. The molecule has 62 valence electrons. The Morgan fingerprint density at radius 2 is 2.18 bits per heavy atom. The summed E-state index contributed by atoms with van der Waals surface area (Å²) in [5.74, 6) is 0.608. The van der Waals surface area contributed by atoms with E-state index in [4.69, 9.17) is 14.7 Å². The van der Waals surface area contributed by atoms with Crippen molar-refractivity contribution in [1.82, 2.24) is 0 Å². The van der Waals surface area contributed by atoms with Crippen LogP contribution in [0.3, 0.4) is 0 Å². The molecule has 3 nitrogen and oxygen atoms in total. The normalized spacial score (nSPS) is 19.5. The van der Waals surface area contributed by atoms with E-state index in [1.807, 2.05) is 6.07 Å². The van der Waals surface area contributed by atoms with E-state index < -0.39 is 0 Å². The molecule has 3 heteroatoms. The molecule has 0 aromatic rings. The van der Waals surface area contributed by atoms with E-state index in [1.165, 1.54) is 0 Å². The summed E-state index contributed by atoms with van der Waals surface area (Å²) in [5, 5.41) is 8.20. The van der Waals surface area contributed by atoms with E-state index in [9.17, 15) is 0 Å². The minimum Gasteiger partial charge on any atom is -0.381 e. The summed E-state index contributed by atoms with van der Waals surface area (Å²) in [5.41, 5.74) is 0. The monoisotopic (exact) mass is 155 g/mol. The summed E-state index contributed by atoms with van der Waals surface area (Å²) < 4.78 is 10.3. The molecule has 0 radical (unpaired) electrons. The number of rotatable bonds is 3. The molecule has 1 fully saturated rings. The highest BCUT2D eigenvalue weighted by Gasteiger charge is 2.13. The van der Waals surface area contributed by atoms with E-state index in [2.05, 4.69) is 0 Å². The highest BCUT2D eigenvalue weighted by Crippen LogP contribution is 2.14. The van der Waals surface area contributed by atoms with Crippen molar-refractivity contribution in [3.8, 4) is 6.07 Å². The van der Waals surface area contributed by atoms with Gasteiger partial charge >= 0.3 is 0 Å². The van der Waals surface area contributed by atoms with Crippen LogP contribution < -0.4 is 0 Å². The van der Waals surface area contributed by atoms with Gasteiger partial charge in [-0.3, -0.25) is 0 Å². The number of nitrogens with zero attached hydrogens (tertiary/aromatic N) is 1. The lowest BCUT2D eigenvalue weighted by Crippen LogP contribution is -2.20. The van der Waals surface area contributed by atoms with Crippen molar-refractivity contribution in [2.24, 2.45) is 5.92 Å². The van der Waals surface area contributed by atoms with Crippen LogP contribution in [0, 0.1) is 17.2 Å². The minimum atomic E-state index is 0.220. The van der Waals surface area contributed by atoms with Gasteiger partial charge in [0.15, 0.2) is 0 Å². The molecule has 0 saturated carbocycles. The third kappa shape index (κ3) is 3.35. The molecule has 0 atom stereocenters. The summed E-state index contributed by atoms with van der Waals surface area (Å²) in [6.45, 7) is 2.63. The number of ether oxygens (including phenoxy) is 2. The molecule has 0 unspecified atom stereocenters. The van der Waals surface area contributed by atoms with Gasteiger partial charge in [0.25, 0.3) is 0 Å². The lowest BCUT2D eigenvalue weighted by atomic mass is 10.0. The van der Waals surface area contributed by atoms with Crippen LogP contribution in [-0.4, -0.2) is 26.4 Å². The van der Waals surface area contributed by atoms with Crippen molar-refractivity contribution >= 4 is 0 Å². The van der Waals surface area contributed by atoms with Crippen LogP contribution in [0.25, 0.3) is 0 Å². The Kier molecular flexibility index (Phi) is 3.95. The molecular weight excluding hydrogens is 142 g/mol. The Morgan fingerprint density at radius 1 is 1.45 bits per heavy atom. The van der Waals surface area contributed by atoms with Crippen LogP contribution in [0.15, 0.2) is 0 Å². The predicted octanol–water partition coefficient (Wildman–Crippen LogP) is 0.953. The van der Waals surface area contributed by atoms with Gasteiger partial charge in [-0.1, -0.05) is 0 Å². The third-order valence-electron chi connectivity index (χ3n) is 1.86. The maximum Gasteiger partial charge on any atom is 0.133 e. The number of nitriles is 1. The summed E-state index contributed by atoms with van der Waals surface area (Å²) in [6, 6.07) is 1.95. The van der Waals surface area contributed by atoms with Gasteiger partial charge in [-0.05, 0) is 18.8 Å². The first-order valence-electron chi connectivity index (χ1n) is 3.96. The highest BCUT2D eigenvalue weighted by molar-refractivity contribution is 4.68. The Bertz CT molecular complexity index is 136. The summed E-state index contributed by atoms with van der Waals surface area (Å²) in [7, 11) is 0. The number of hydrogen-bond donors (Lipinski definition) is 0. The van der Waals surface area contributed by atoms with Crippen molar-refractivity contribution in [1.29, 1.82) is 5.26 Å². The molecule has 0 N–H and O–H groups in total. The van der Waals surface area contributed by atoms with Gasteiger partial charge in [0, 0.05) is 13.2 Å². The van der Waals surface area contributed by atoms with Crippen LogP contribution in [0.4, 0.5) is 0 Å². The van der Waals surface area contributed by atoms with E-state index in [0.717, 1.165) is 32.7 Å². The van der Waals surface area contributed by atoms with E-state index >= 15 is 0 Å². The van der Waals surface area contributed by atoms with Gasteiger partial charge in [-0.25, -0.2) is 0 Å². The smallest absolute Gasteiger partial charge is 0.133 e. The van der Waals surface area contributed by atoms with Crippen molar-refractivity contribution in [2.45, 2.75) is 12.8 Å². The van der Waals surface area contributed by atoms with Gasteiger partial charge in [0.2, 0.25) is 0 Å². The standard InChI is InChI=1S/C8H13NO2/c9-3-6-11-7-8-1-4-10-5-2-8/h8H,1-2,4-7H2. The quantitative estimate of drug-likeness (QED) is 0.570. The van der Waals surface area contributed by atoms with Crippen LogP contribution in [-0.2, 0) is 9.47 Å². The van der Waals surface area contributed by atoms with Gasteiger partial charge in [-0.15, -0.1) is 0 Å². The fraction of sp³-hybridized carbons (Fsp3) is 0.875. The van der Waals surface area contributed by atoms with E-state index in [-0.39, 0.29) is 6.61 Å². The number of hydrogen-bond acceptors (Lipinski definition) is 3. The highest BCUT2D eigenvalue weighted by atomic mass is 16.5. The first-order chi connectivity index (χ1) is 5.43. The maximum atomic E-state index is 8.20. The SMILES string of the molecule is N#CCOCC1CCOCC1. The Labute approximate surface area is 66.9 Å². The Morgan fingerprint density at radius 3 is 2.82 bits per heavy atom. The molecule has 0 aliphatic carbocycles. The van der Waals surface area contributed by atoms with Crippen LogP contribution >= 0.6 is 0 Å². The molecule has 1 rings (SSSR count). The summed E-state index contributed by atoms with van der Waals surface area (Å²) in [4.78, 5) is 0. The zero-order chi connectivity index (χ0) is 7.94. The van der Waals surface area contributed by atoms with Crippen LogP contribution in [0.2, 0.25) is 0 Å². The molecule has 0 amide bonds. The molecular formula is C8H13NO2. The van der Waals surface area contributed by atoms with Crippen LogP contribution in [0.1, 0.15) is 12.8 Å². The molecule has 0 aromatic heterocycles. The lowest BCUT2D eigenvalue weighted by Gasteiger charge is -2.20. The molecule has 1 aliphatic rings. The lowest BCUT2D eigenvalue weighted by molar-refractivity contribution is 0.0280. The second-order valence-corrected chi connectivity index (χ2v) is 2.73. The Balaban J connectivity index is 2.01.